The molecule has 0 aliphatic carbocycles. The van der Waals surface area contributed by atoms with Crippen molar-refractivity contribution in [3.8, 4) is 0 Å². The van der Waals surface area contributed by atoms with Crippen LogP contribution < -0.4 is 0 Å². The Morgan fingerprint density at radius 1 is 1.05 bits per heavy atom. The van der Waals surface area contributed by atoms with E-state index >= 15 is 0 Å². The van der Waals surface area contributed by atoms with E-state index in [9.17, 15) is 0 Å². The number of thiophene rings is 1. The minimum absolute atomic E-state index is 0.249. The summed E-state index contributed by atoms with van der Waals surface area (Å²) < 4.78 is 0. The second-order valence-electron chi connectivity index (χ2n) is 6.11. The van der Waals surface area contributed by atoms with Gasteiger partial charge in [0.1, 0.15) is 0 Å². The summed E-state index contributed by atoms with van der Waals surface area (Å²) >= 11 is 5.76. The molecule has 0 aliphatic rings. The lowest BCUT2D eigenvalue weighted by Crippen LogP contribution is -2.07. The van der Waals surface area contributed by atoms with Gasteiger partial charge in [0.2, 0.25) is 0 Å². The molecule has 0 N–H and O–H groups in total. The van der Waals surface area contributed by atoms with Crippen molar-refractivity contribution in [2.24, 2.45) is 0 Å². The number of rotatable bonds is 3. The molecule has 0 fully saturated rings. The topological polar surface area (TPSA) is 0 Å². The first-order valence-corrected chi connectivity index (χ1v) is 8.39. The predicted octanol–water partition coefficient (Wildman–Crippen LogP) is 6.03. The first-order valence-electron chi connectivity index (χ1n) is 6.66. The summed E-state index contributed by atoms with van der Waals surface area (Å²) in [5.74, 6) is 0. The van der Waals surface area contributed by atoms with Gasteiger partial charge in [-0.25, -0.2) is 0 Å². The molecule has 0 bridgehead atoms. The Balaban J connectivity index is 2.09. The van der Waals surface area contributed by atoms with E-state index in [2.05, 4.69) is 80.0 Å². The number of alkyl halides is 1. The maximum absolute atomic E-state index is 3.83. The van der Waals surface area contributed by atoms with Crippen LogP contribution >= 0.6 is 27.3 Å². The minimum Gasteiger partial charge on any atom is -0.144 e. The molecule has 102 valence electrons. The fraction of sp³-hybridized carbons (Fsp3) is 0.412. The molecule has 1 unspecified atom stereocenters. The van der Waals surface area contributed by atoms with Gasteiger partial charge in [-0.15, -0.1) is 11.3 Å². The third-order valence-corrected chi connectivity index (χ3v) is 5.95. The SMILES string of the molecule is Cc1ccc(CC(Br)c2ccc(C(C)(C)C)s2)cc1. The van der Waals surface area contributed by atoms with Crippen LogP contribution in [0.5, 0.6) is 0 Å². The highest BCUT2D eigenvalue weighted by molar-refractivity contribution is 9.09. The Bertz CT molecular complexity index is 531. The van der Waals surface area contributed by atoms with Crippen LogP contribution in [-0.2, 0) is 11.8 Å². The quantitative estimate of drug-likeness (QED) is 0.600. The summed E-state index contributed by atoms with van der Waals surface area (Å²) in [6.45, 7) is 8.94. The van der Waals surface area contributed by atoms with Crippen molar-refractivity contribution < 1.29 is 0 Å². The Hall–Kier alpha value is -0.600. The molecule has 0 spiro atoms. The zero-order valence-electron chi connectivity index (χ0n) is 12.0. The molecule has 0 amide bonds. The van der Waals surface area contributed by atoms with Crippen molar-refractivity contribution in [3.05, 3.63) is 57.3 Å². The van der Waals surface area contributed by atoms with Crippen LogP contribution in [0.1, 0.15) is 46.5 Å². The summed E-state index contributed by atoms with van der Waals surface area (Å²) in [6.07, 6.45) is 1.05. The lowest BCUT2D eigenvalue weighted by atomic mass is 9.95. The van der Waals surface area contributed by atoms with E-state index in [1.54, 1.807) is 0 Å². The molecule has 19 heavy (non-hydrogen) atoms. The van der Waals surface area contributed by atoms with Gasteiger partial charge < -0.3 is 0 Å². The monoisotopic (exact) mass is 336 g/mol. The molecule has 0 saturated carbocycles. The third kappa shape index (κ3) is 3.93. The van der Waals surface area contributed by atoms with Crippen molar-refractivity contribution in [1.82, 2.24) is 0 Å². The summed E-state index contributed by atoms with van der Waals surface area (Å²) in [5, 5.41) is 0. The molecule has 2 heteroatoms. The van der Waals surface area contributed by atoms with E-state index in [0.29, 0.717) is 4.83 Å². The van der Waals surface area contributed by atoms with Gasteiger partial charge in [0, 0.05) is 9.75 Å². The van der Waals surface area contributed by atoms with Crippen LogP contribution in [0.15, 0.2) is 36.4 Å². The van der Waals surface area contributed by atoms with E-state index in [0.717, 1.165) is 6.42 Å². The van der Waals surface area contributed by atoms with Gasteiger partial charge in [-0.2, -0.15) is 0 Å². The molecule has 0 saturated heterocycles. The van der Waals surface area contributed by atoms with E-state index in [-0.39, 0.29) is 5.41 Å². The van der Waals surface area contributed by atoms with Crippen molar-refractivity contribution in [3.63, 3.8) is 0 Å². The average molecular weight is 337 g/mol. The highest BCUT2D eigenvalue weighted by atomic mass is 79.9. The van der Waals surface area contributed by atoms with Crippen LogP contribution in [0.25, 0.3) is 0 Å². The highest BCUT2D eigenvalue weighted by Crippen LogP contribution is 2.36. The van der Waals surface area contributed by atoms with Crippen molar-refractivity contribution in [2.75, 3.05) is 0 Å². The molecule has 1 heterocycles. The summed E-state index contributed by atoms with van der Waals surface area (Å²) in [7, 11) is 0. The van der Waals surface area contributed by atoms with E-state index in [1.165, 1.54) is 20.9 Å². The van der Waals surface area contributed by atoms with E-state index < -0.39 is 0 Å². The molecule has 0 aliphatic heterocycles. The first-order chi connectivity index (χ1) is 8.86. The standard InChI is InChI=1S/C17H21BrS/c1-12-5-7-13(8-6-12)11-14(18)15-9-10-16(19-15)17(2,3)4/h5-10,14H,11H2,1-4H3. The van der Waals surface area contributed by atoms with E-state index in [1.807, 2.05) is 11.3 Å². The molecular weight excluding hydrogens is 316 g/mol. The number of benzene rings is 1. The van der Waals surface area contributed by atoms with Crippen molar-refractivity contribution >= 4 is 27.3 Å². The Labute approximate surface area is 129 Å². The second kappa shape index (κ2) is 5.80. The third-order valence-electron chi connectivity index (χ3n) is 3.21. The van der Waals surface area contributed by atoms with Gasteiger partial charge >= 0.3 is 0 Å². The van der Waals surface area contributed by atoms with Gasteiger partial charge in [-0.05, 0) is 36.5 Å². The van der Waals surface area contributed by atoms with Gasteiger partial charge in [-0.3, -0.25) is 0 Å². The van der Waals surface area contributed by atoms with Gasteiger partial charge in [0.05, 0.1) is 4.83 Å². The Morgan fingerprint density at radius 3 is 2.21 bits per heavy atom. The Morgan fingerprint density at radius 2 is 1.68 bits per heavy atom. The lowest BCUT2D eigenvalue weighted by molar-refractivity contribution is 0.604. The fourth-order valence-corrected chi connectivity index (χ4v) is 3.81. The maximum atomic E-state index is 3.83. The predicted molar refractivity (Wildman–Crippen MR) is 89.6 cm³/mol. The van der Waals surface area contributed by atoms with E-state index in [4.69, 9.17) is 0 Å². The average Bonchev–Trinajstić information content (AvgIpc) is 2.81. The van der Waals surface area contributed by atoms with Crippen LogP contribution in [-0.4, -0.2) is 0 Å². The second-order valence-corrected chi connectivity index (χ2v) is 8.33. The molecule has 1 aromatic carbocycles. The first kappa shape index (κ1) is 14.8. The summed E-state index contributed by atoms with van der Waals surface area (Å²) in [5.41, 5.74) is 2.96. The molecule has 2 aromatic rings. The zero-order chi connectivity index (χ0) is 14.0. The largest absolute Gasteiger partial charge is 0.144 e. The van der Waals surface area contributed by atoms with Crippen molar-refractivity contribution in [1.29, 1.82) is 0 Å². The number of hydrogen-bond acceptors (Lipinski definition) is 1. The number of halogens is 1. The molecule has 0 nitrogen and oxygen atoms in total. The number of hydrogen-bond donors (Lipinski definition) is 0. The Kier molecular flexibility index (Phi) is 4.52. The lowest BCUT2D eigenvalue weighted by Gasteiger charge is -2.15. The molecule has 0 radical (unpaired) electrons. The summed E-state index contributed by atoms with van der Waals surface area (Å²) in [6, 6.07) is 13.3. The maximum Gasteiger partial charge on any atom is 0.0529 e. The van der Waals surface area contributed by atoms with Crippen LogP contribution in [0, 0.1) is 6.92 Å². The van der Waals surface area contributed by atoms with Gasteiger partial charge in [0.25, 0.3) is 0 Å². The van der Waals surface area contributed by atoms with Crippen LogP contribution in [0.4, 0.5) is 0 Å². The zero-order valence-corrected chi connectivity index (χ0v) is 14.4. The molecule has 1 aromatic heterocycles. The highest BCUT2D eigenvalue weighted by Gasteiger charge is 2.18. The smallest absolute Gasteiger partial charge is 0.0529 e. The summed E-state index contributed by atoms with van der Waals surface area (Å²) in [4.78, 5) is 3.29. The normalized spacial score (nSPS) is 13.5. The molecular formula is C17H21BrS. The fourth-order valence-electron chi connectivity index (χ4n) is 1.96. The minimum atomic E-state index is 0.249. The molecule has 2 rings (SSSR count). The van der Waals surface area contributed by atoms with Crippen LogP contribution in [0.3, 0.4) is 0 Å². The van der Waals surface area contributed by atoms with Gasteiger partial charge in [-0.1, -0.05) is 66.5 Å². The van der Waals surface area contributed by atoms with Gasteiger partial charge in [0.15, 0.2) is 0 Å². The van der Waals surface area contributed by atoms with Crippen molar-refractivity contribution in [2.45, 2.75) is 44.4 Å². The number of aryl methyl sites for hydroxylation is 1. The van der Waals surface area contributed by atoms with Crippen LogP contribution in [0.2, 0.25) is 0 Å². The molecule has 1 atom stereocenters.